The summed E-state index contributed by atoms with van der Waals surface area (Å²) in [7, 11) is 0. The molecule has 0 saturated carbocycles. The molecule has 3 aromatic rings. The lowest BCUT2D eigenvalue weighted by atomic mass is 10.2. The molecule has 0 N–H and O–H groups in total. The van der Waals surface area contributed by atoms with Crippen molar-refractivity contribution < 1.29 is 8.78 Å². The number of halogens is 3. The fourth-order valence-electron chi connectivity index (χ4n) is 2.17. The molecule has 0 fully saturated rings. The van der Waals surface area contributed by atoms with Gasteiger partial charge in [-0.1, -0.05) is 17.7 Å². The maximum absolute atomic E-state index is 13.6. The Labute approximate surface area is 114 Å². The second-order valence-electron chi connectivity index (χ2n) is 4.35. The third-order valence-electron chi connectivity index (χ3n) is 3.11. The SMILES string of the molecule is Fc1ccc(F)c(Cn2ccc3c(Cl)cccc32)c1. The van der Waals surface area contributed by atoms with E-state index in [-0.39, 0.29) is 6.54 Å². The fraction of sp³-hybridized carbons (Fsp3) is 0.0667. The highest BCUT2D eigenvalue weighted by Crippen LogP contribution is 2.25. The van der Waals surface area contributed by atoms with Gasteiger partial charge in [0.15, 0.2) is 0 Å². The molecule has 2 aromatic carbocycles. The summed E-state index contributed by atoms with van der Waals surface area (Å²) in [6.45, 7) is 0.271. The zero-order chi connectivity index (χ0) is 13.4. The van der Waals surface area contributed by atoms with Gasteiger partial charge in [0.1, 0.15) is 11.6 Å². The molecule has 0 amide bonds. The van der Waals surface area contributed by atoms with Crippen LogP contribution in [0.15, 0.2) is 48.7 Å². The number of aromatic nitrogens is 1. The molecule has 1 nitrogen and oxygen atoms in total. The summed E-state index contributed by atoms with van der Waals surface area (Å²) in [5.41, 5.74) is 1.22. The van der Waals surface area contributed by atoms with E-state index in [2.05, 4.69) is 0 Å². The molecule has 0 aliphatic rings. The van der Waals surface area contributed by atoms with Gasteiger partial charge in [-0.05, 0) is 36.4 Å². The van der Waals surface area contributed by atoms with E-state index in [0.29, 0.717) is 10.6 Å². The molecular formula is C15H10ClF2N. The number of benzene rings is 2. The first-order chi connectivity index (χ1) is 9.15. The first-order valence-electron chi connectivity index (χ1n) is 5.82. The van der Waals surface area contributed by atoms with Gasteiger partial charge in [0.25, 0.3) is 0 Å². The molecular weight excluding hydrogens is 268 g/mol. The average molecular weight is 278 g/mol. The molecule has 4 heteroatoms. The Morgan fingerprint density at radius 1 is 1.05 bits per heavy atom. The van der Waals surface area contributed by atoms with Crippen LogP contribution in [0.4, 0.5) is 8.78 Å². The van der Waals surface area contributed by atoms with Gasteiger partial charge < -0.3 is 4.57 Å². The smallest absolute Gasteiger partial charge is 0.128 e. The molecule has 0 unspecified atom stereocenters. The minimum absolute atomic E-state index is 0.271. The van der Waals surface area contributed by atoms with Gasteiger partial charge in [-0.25, -0.2) is 8.78 Å². The molecule has 0 radical (unpaired) electrons. The van der Waals surface area contributed by atoms with E-state index in [1.807, 2.05) is 29.0 Å². The summed E-state index contributed by atoms with van der Waals surface area (Å²) in [6, 6.07) is 10.9. The van der Waals surface area contributed by atoms with Crippen LogP contribution in [0.5, 0.6) is 0 Å². The van der Waals surface area contributed by atoms with Gasteiger partial charge >= 0.3 is 0 Å². The van der Waals surface area contributed by atoms with E-state index in [0.717, 1.165) is 23.0 Å². The molecule has 0 saturated heterocycles. The number of hydrogen-bond acceptors (Lipinski definition) is 0. The number of hydrogen-bond donors (Lipinski definition) is 0. The third kappa shape index (κ3) is 2.22. The molecule has 1 heterocycles. The zero-order valence-electron chi connectivity index (χ0n) is 9.91. The van der Waals surface area contributed by atoms with Crippen molar-refractivity contribution in [2.75, 3.05) is 0 Å². The third-order valence-corrected chi connectivity index (χ3v) is 3.44. The molecule has 0 spiro atoms. The van der Waals surface area contributed by atoms with Gasteiger partial charge in [0.2, 0.25) is 0 Å². The lowest BCUT2D eigenvalue weighted by Crippen LogP contribution is -2.01. The quantitative estimate of drug-likeness (QED) is 0.644. The standard InChI is InChI=1S/C15H10ClF2N/c16-13-2-1-3-15-12(13)6-7-19(15)9-10-8-11(17)4-5-14(10)18/h1-8H,9H2. The average Bonchev–Trinajstić information content (AvgIpc) is 2.79. The highest BCUT2D eigenvalue weighted by Gasteiger charge is 2.08. The normalized spacial score (nSPS) is 11.1. The van der Waals surface area contributed by atoms with Gasteiger partial charge in [-0.15, -0.1) is 0 Å². The fourth-order valence-corrected chi connectivity index (χ4v) is 2.40. The molecule has 0 bridgehead atoms. The van der Waals surface area contributed by atoms with Crippen LogP contribution in [0.1, 0.15) is 5.56 Å². The minimum Gasteiger partial charge on any atom is -0.343 e. The van der Waals surface area contributed by atoms with Crippen molar-refractivity contribution >= 4 is 22.5 Å². The second-order valence-corrected chi connectivity index (χ2v) is 4.76. The molecule has 19 heavy (non-hydrogen) atoms. The Bertz CT molecular complexity index is 749. The lowest BCUT2D eigenvalue weighted by molar-refractivity contribution is 0.579. The number of nitrogens with zero attached hydrogens (tertiary/aromatic N) is 1. The Morgan fingerprint density at radius 3 is 2.74 bits per heavy atom. The van der Waals surface area contributed by atoms with Crippen LogP contribution in [0.25, 0.3) is 10.9 Å². The Kier molecular flexibility index (Phi) is 2.99. The van der Waals surface area contributed by atoms with Crippen LogP contribution in [0.3, 0.4) is 0 Å². The van der Waals surface area contributed by atoms with Crippen LogP contribution in [-0.4, -0.2) is 4.57 Å². The topological polar surface area (TPSA) is 4.93 Å². The van der Waals surface area contributed by atoms with Crippen LogP contribution < -0.4 is 0 Å². The van der Waals surface area contributed by atoms with E-state index in [9.17, 15) is 8.78 Å². The molecule has 3 rings (SSSR count). The molecule has 1 aromatic heterocycles. The summed E-state index contributed by atoms with van der Waals surface area (Å²) < 4.78 is 28.6. The second kappa shape index (κ2) is 4.67. The summed E-state index contributed by atoms with van der Waals surface area (Å²) >= 11 is 6.08. The van der Waals surface area contributed by atoms with Crippen molar-refractivity contribution in [1.29, 1.82) is 0 Å². The van der Waals surface area contributed by atoms with Crippen molar-refractivity contribution in [3.05, 3.63) is 70.9 Å². The monoisotopic (exact) mass is 277 g/mol. The van der Waals surface area contributed by atoms with Gasteiger partial charge in [0.05, 0.1) is 6.54 Å². The minimum atomic E-state index is -0.439. The van der Waals surface area contributed by atoms with Crippen LogP contribution in [0, 0.1) is 11.6 Å². The van der Waals surface area contributed by atoms with E-state index >= 15 is 0 Å². The van der Waals surface area contributed by atoms with Crippen molar-refractivity contribution in [2.45, 2.75) is 6.54 Å². The maximum atomic E-state index is 13.6. The number of rotatable bonds is 2. The van der Waals surface area contributed by atoms with E-state index in [4.69, 9.17) is 11.6 Å². The Hall–Kier alpha value is -1.87. The largest absolute Gasteiger partial charge is 0.343 e. The lowest BCUT2D eigenvalue weighted by Gasteiger charge is -2.07. The summed E-state index contributed by atoms with van der Waals surface area (Å²) in [5.74, 6) is -0.851. The van der Waals surface area contributed by atoms with E-state index < -0.39 is 11.6 Å². The Balaban J connectivity index is 2.06. The highest BCUT2D eigenvalue weighted by molar-refractivity contribution is 6.35. The molecule has 0 aliphatic heterocycles. The predicted molar refractivity (Wildman–Crippen MR) is 72.4 cm³/mol. The van der Waals surface area contributed by atoms with Gasteiger partial charge in [-0.2, -0.15) is 0 Å². The summed E-state index contributed by atoms with van der Waals surface area (Å²) in [4.78, 5) is 0. The first kappa shape index (κ1) is 12.2. The van der Waals surface area contributed by atoms with Gasteiger partial charge in [-0.3, -0.25) is 0 Å². The molecule has 0 aliphatic carbocycles. The Morgan fingerprint density at radius 2 is 1.89 bits per heavy atom. The molecule has 96 valence electrons. The molecule has 0 atom stereocenters. The van der Waals surface area contributed by atoms with Gasteiger partial charge in [0, 0.05) is 27.7 Å². The van der Waals surface area contributed by atoms with Crippen LogP contribution in [0.2, 0.25) is 5.02 Å². The zero-order valence-corrected chi connectivity index (χ0v) is 10.7. The van der Waals surface area contributed by atoms with Crippen molar-refractivity contribution in [3.63, 3.8) is 0 Å². The maximum Gasteiger partial charge on any atom is 0.128 e. The van der Waals surface area contributed by atoms with E-state index in [1.165, 1.54) is 6.07 Å². The van der Waals surface area contributed by atoms with Crippen molar-refractivity contribution in [2.24, 2.45) is 0 Å². The predicted octanol–water partition coefficient (Wildman–Crippen LogP) is 4.62. The first-order valence-corrected chi connectivity index (χ1v) is 6.20. The van der Waals surface area contributed by atoms with Crippen molar-refractivity contribution in [1.82, 2.24) is 4.57 Å². The summed E-state index contributed by atoms with van der Waals surface area (Å²) in [6.07, 6.45) is 1.82. The van der Waals surface area contributed by atoms with Crippen LogP contribution in [-0.2, 0) is 6.54 Å². The summed E-state index contributed by atoms with van der Waals surface area (Å²) in [5, 5.41) is 1.55. The van der Waals surface area contributed by atoms with E-state index in [1.54, 1.807) is 6.07 Å². The number of fused-ring (bicyclic) bond motifs is 1. The van der Waals surface area contributed by atoms with Crippen LogP contribution >= 0.6 is 11.6 Å². The van der Waals surface area contributed by atoms with Crippen molar-refractivity contribution in [3.8, 4) is 0 Å². The highest BCUT2D eigenvalue weighted by atomic mass is 35.5.